The third kappa shape index (κ3) is 2.01. The molecular formula is C15H12N2O2. The fraction of sp³-hybridized carbons (Fsp3) is 0.133. The van der Waals surface area contributed by atoms with E-state index in [1.807, 2.05) is 25.1 Å². The lowest BCUT2D eigenvalue weighted by Crippen LogP contribution is -2.04. The monoisotopic (exact) mass is 252 g/mol. The van der Waals surface area contributed by atoms with Crippen LogP contribution in [0.5, 0.6) is 0 Å². The van der Waals surface area contributed by atoms with Crippen LogP contribution in [0, 0.1) is 6.92 Å². The van der Waals surface area contributed by atoms with Gasteiger partial charge in [0.05, 0.1) is 17.8 Å². The van der Waals surface area contributed by atoms with Gasteiger partial charge in [0.15, 0.2) is 0 Å². The lowest BCUT2D eigenvalue weighted by Gasteiger charge is -2.06. The molecule has 0 amide bonds. The normalized spacial score (nSPS) is 13.0. The number of fused-ring (bicyclic) bond motifs is 1. The molecule has 4 nitrogen and oxygen atoms in total. The zero-order valence-corrected chi connectivity index (χ0v) is 10.4. The highest BCUT2D eigenvalue weighted by Gasteiger charge is 2.19. The Bertz CT molecular complexity index is 705. The van der Waals surface area contributed by atoms with Crippen LogP contribution in [-0.4, -0.2) is 21.8 Å². The molecular weight excluding hydrogens is 240 g/mol. The van der Waals surface area contributed by atoms with Crippen molar-refractivity contribution in [2.45, 2.75) is 13.5 Å². The quantitative estimate of drug-likeness (QED) is 0.892. The fourth-order valence-corrected chi connectivity index (χ4v) is 2.26. The van der Waals surface area contributed by atoms with Crippen molar-refractivity contribution in [2.75, 3.05) is 0 Å². The van der Waals surface area contributed by atoms with Gasteiger partial charge in [-0.05, 0) is 36.8 Å². The molecule has 2 aromatic rings. The Morgan fingerprint density at radius 1 is 1.26 bits per heavy atom. The summed E-state index contributed by atoms with van der Waals surface area (Å²) in [6.45, 7) is 2.53. The molecule has 0 spiro atoms. The van der Waals surface area contributed by atoms with Crippen LogP contribution in [0.25, 0.3) is 0 Å². The molecule has 19 heavy (non-hydrogen) atoms. The number of carbonyl (C=O) groups is 1. The van der Waals surface area contributed by atoms with Crippen LogP contribution in [0.3, 0.4) is 0 Å². The van der Waals surface area contributed by atoms with Crippen molar-refractivity contribution >= 4 is 11.7 Å². The highest BCUT2D eigenvalue weighted by Crippen LogP contribution is 2.24. The summed E-state index contributed by atoms with van der Waals surface area (Å²) in [4.78, 5) is 19.7. The van der Waals surface area contributed by atoms with Crippen LogP contribution in [-0.2, 0) is 6.54 Å². The zero-order chi connectivity index (χ0) is 13.4. The Morgan fingerprint density at radius 2 is 2.11 bits per heavy atom. The molecule has 1 aliphatic rings. The number of carboxylic acid groups (broad SMARTS) is 1. The number of pyridine rings is 1. The second kappa shape index (κ2) is 4.31. The number of benzene rings is 1. The Hall–Kier alpha value is -2.49. The van der Waals surface area contributed by atoms with Crippen LogP contribution in [0.1, 0.15) is 32.7 Å². The average Bonchev–Trinajstić information content (AvgIpc) is 2.81. The number of aromatic nitrogens is 1. The topological polar surface area (TPSA) is 62.5 Å². The van der Waals surface area contributed by atoms with Gasteiger partial charge < -0.3 is 5.11 Å². The van der Waals surface area contributed by atoms with E-state index in [1.54, 1.807) is 18.3 Å². The molecule has 0 bridgehead atoms. The van der Waals surface area contributed by atoms with Gasteiger partial charge in [0.1, 0.15) is 0 Å². The summed E-state index contributed by atoms with van der Waals surface area (Å²) in [6.07, 6.45) is 1.74. The first-order chi connectivity index (χ1) is 9.15. The van der Waals surface area contributed by atoms with E-state index in [-0.39, 0.29) is 0 Å². The smallest absolute Gasteiger partial charge is 0.335 e. The van der Waals surface area contributed by atoms with Crippen LogP contribution in [0.4, 0.5) is 0 Å². The largest absolute Gasteiger partial charge is 0.478 e. The SMILES string of the molecule is Cc1cc(C2=NCc3ccc(C(=O)O)cc32)ccn1. The molecule has 0 saturated heterocycles. The number of nitrogens with zero attached hydrogens (tertiary/aromatic N) is 2. The molecule has 0 unspecified atom stereocenters. The standard InChI is InChI=1S/C15H12N2O2/c1-9-6-10(4-5-16-9)14-13-7-11(15(18)19)2-3-12(13)8-17-14/h2-7H,8H2,1H3,(H,18,19). The first kappa shape index (κ1) is 11.6. The molecule has 1 aromatic heterocycles. The maximum atomic E-state index is 11.0. The molecule has 2 heterocycles. The number of hydrogen-bond donors (Lipinski definition) is 1. The highest BCUT2D eigenvalue weighted by molar-refractivity contribution is 6.15. The molecule has 3 rings (SSSR count). The highest BCUT2D eigenvalue weighted by atomic mass is 16.4. The second-order valence-corrected chi connectivity index (χ2v) is 4.53. The Kier molecular flexibility index (Phi) is 2.63. The van der Waals surface area contributed by atoms with E-state index in [0.717, 1.165) is 28.1 Å². The minimum atomic E-state index is -0.917. The maximum absolute atomic E-state index is 11.0. The van der Waals surface area contributed by atoms with Crippen molar-refractivity contribution in [1.82, 2.24) is 4.98 Å². The molecule has 94 valence electrons. The maximum Gasteiger partial charge on any atom is 0.335 e. The first-order valence-corrected chi connectivity index (χ1v) is 5.99. The van der Waals surface area contributed by atoms with E-state index in [2.05, 4.69) is 9.98 Å². The first-order valence-electron chi connectivity index (χ1n) is 5.99. The third-order valence-corrected chi connectivity index (χ3v) is 3.19. The van der Waals surface area contributed by atoms with Crippen molar-refractivity contribution in [2.24, 2.45) is 4.99 Å². The molecule has 0 saturated carbocycles. The summed E-state index contributed by atoms with van der Waals surface area (Å²) in [7, 11) is 0. The van der Waals surface area contributed by atoms with Crippen LogP contribution in [0.15, 0.2) is 41.5 Å². The average molecular weight is 252 g/mol. The number of hydrogen-bond acceptors (Lipinski definition) is 3. The van der Waals surface area contributed by atoms with Gasteiger partial charge in [-0.2, -0.15) is 0 Å². The van der Waals surface area contributed by atoms with Gasteiger partial charge in [-0.1, -0.05) is 6.07 Å². The van der Waals surface area contributed by atoms with Gasteiger partial charge in [-0.3, -0.25) is 9.98 Å². The zero-order valence-electron chi connectivity index (χ0n) is 10.4. The minimum absolute atomic E-state index is 0.291. The Balaban J connectivity index is 2.10. The molecule has 0 aliphatic carbocycles. The van der Waals surface area contributed by atoms with E-state index in [1.165, 1.54) is 0 Å². The van der Waals surface area contributed by atoms with Gasteiger partial charge in [-0.15, -0.1) is 0 Å². The summed E-state index contributed by atoms with van der Waals surface area (Å²) in [5.74, 6) is -0.917. The van der Waals surface area contributed by atoms with Crippen LogP contribution < -0.4 is 0 Å². The van der Waals surface area contributed by atoms with Gasteiger partial charge in [0, 0.05) is 23.0 Å². The number of aliphatic imine (C=N–C) groups is 1. The molecule has 1 N–H and O–H groups in total. The summed E-state index contributed by atoms with van der Waals surface area (Å²) in [6, 6.07) is 9.01. The summed E-state index contributed by atoms with van der Waals surface area (Å²) < 4.78 is 0. The van der Waals surface area contributed by atoms with E-state index in [0.29, 0.717) is 12.1 Å². The number of carboxylic acids is 1. The Labute approximate surface area is 110 Å². The number of aromatic carboxylic acids is 1. The van der Waals surface area contributed by atoms with Crippen molar-refractivity contribution in [3.63, 3.8) is 0 Å². The number of rotatable bonds is 2. The van der Waals surface area contributed by atoms with E-state index >= 15 is 0 Å². The summed E-state index contributed by atoms with van der Waals surface area (Å²) in [5, 5.41) is 9.07. The molecule has 0 radical (unpaired) electrons. The third-order valence-electron chi connectivity index (χ3n) is 3.19. The molecule has 0 fully saturated rings. The van der Waals surface area contributed by atoms with Crippen molar-refractivity contribution in [3.05, 3.63) is 64.5 Å². The molecule has 4 heteroatoms. The summed E-state index contributed by atoms with van der Waals surface area (Å²) >= 11 is 0. The van der Waals surface area contributed by atoms with Crippen molar-refractivity contribution in [3.8, 4) is 0 Å². The Morgan fingerprint density at radius 3 is 2.84 bits per heavy atom. The minimum Gasteiger partial charge on any atom is -0.478 e. The molecule has 1 aliphatic heterocycles. The van der Waals surface area contributed by atoms with Gasteiger partial charge in [0.2, 0.25) is 0 Å². The van der Waals surface area contributed by atoms with Gasteiger partial charge >= 0.3 is 5.97 Å². The molecule has 1 aromatic carbocycles. The number of aryl methyl sites for hydroxylation is 1. The second-order valence-electron chi connectivity index (χ2n) is 4.53. The van der Waals surface area contributed by atoms with E-state index in [9.17, 15) is 4.79 Å². The lowest BCUT2D eigenvalue weighted by molar-refractivity contribution is 0.0697. The predicted octanol–water partition coefficient (Wildman–Crippen LogP) is 2.44. The van der Waals surface area contributed by atoms with Crippen molar-refractivity contribution in [1.29, 1.82) is 0 Å². The van der Waals surface area contributed by atoms with Gasteiger partial charge in [0.25, 0.3) is 0 Å². The molecule has 0 atom stereocenters. The van der Waals surface area contributed by atoms with Crippen LogP contribution in [0.2, 0.25) is 0 Å². The van der Waals surface area contributed by atoms with E-state index < -0.39 is 5.97 Å². The van der Waals surface area contributed by atoms with E-state index in [4.69, 9.17) is 5.11 Å². The van der Waals surface area contributed by atoms with Crippen molar-refractivity contribution < 1.29 is 9.90 Å². The van der Waals surface area contributed by atoms with Gasteiger partial charge in [-0.25, -0.2) is 4.79 Å². The lowest BCUT2D eigenvalue weighted by atomic mass is 9.98. The van der Waals surface area contributed by atoms with Crippen LogP contribution >= 0.6 is 0 Å². The summed E-state index contributed by atoms with van der Waals surface area (Å²) in [5.41, 5.74) is 5.01. The predicted molar refractivity (Wildman–Crippen MR) is 71.7 cm³/mol. The fourth-order valence-electron chi connectivity index (χ4n) is 2.26.